The highest BCUT2D eigenvalue weighted by Crippen LogP contribution is 2.21. The summed E-state index contributed by atoms with van der Waals surface area (Å²) in [4.78, 5) is 10.8. The van der Waals surface area contributed by atoms with E-state index in [0.717, 1.165) is 19.3 Å². The topological polar surface area (TPSA) is 46.5 Å². The average Bonchev–Trinajstić information content (AvgIpc) is 2.37. The smallest absolute Gasteiger partial charge is 0.316 e. The first kappa shape index (κ1) is 9.25. The molecule has 0 aliphatic heterocycles. The quantitative estimate of drug-likeness (QED) is 0.460. The summed E-state index contributed by atoms with van der Waals surface area (Å²) in [7, 11) is 0. The highest BCUT2D eigenvalue weighted by atomic mass is 127. The van der Waals surface area contributed by atoms with Crippen molar-refractivity contribution in [2.75, 3.05) is 4.43 Å². The Morgan fingerprint density at radius 1 is 1.64 bits per heavy atom. The predicted octanol–water partition coefficient (Wildman–Crippen LogP) is 0.878. The highest BCUT2D eigenvalue weighted by Gasteiger charge is 2.27. The van der Waals surface area contributed by atoms with Crippen molar-refractivity contribution >= 4 is 28.6 Å². The van der Waals surface area contributed by atoms with Crippen molar-refractivity contribution in [2.45, 2.75) is 31.5 Å². The first-order chi connectivity index (χ1) is 5.24. The molecular weight excluding hydrogens is 259 g/mol. The van der Waals surface area contributed by atoms with E-state index in [9.17, 15) is 9.90 Å². The zero-order chi connectivity index (χ0) is 8.27. The van der Waals surface area contributed by atoms with E-state index < -0.39 is 6.10 Å². The minimum absolute atomic E-state index is 0.225. The SMILES string of the molecule is O=C(CI)OC1CCCC1O. The van der Waals surface area contributed by atoms with Crippen molar-refractivity contribution in [1.82, 2.24) is 0 Å². The molecule has 0 aromatic carbocycles. The summed E-state index contributed by atoms with van der Waals surface area (Å²) < 4.78 is 5.34. The Bertz CT molecular complexity index is 149. The van der Waals surface area contributed by atoms with Crippen molar-refractivity contribution < 1.29 is 14.6 Å². The van der Waals surface area contributed by atoms with Crippen molar-refractivity contribution in [3.05, 3.63) is 0 Å². The minimum Gasteiger partial charge on any atom is -0.459 e. The van der Waals surface area contributed by atoms with E-state index in [2.05, 4.69) is 0 Å². The number of rotatable bonds is 2. The standard InChI is InChI=1S/C7H11IO3/c8-4-7(10)11-6-3-1-2-5(6)9/h5-6,9H,1-4H2. The van der Waals surface area contributed by atoms with Gasteiger partial charge in [0.05, 0.1) is 10.5 Å². The molecule has 1 rings (SSSR count). The second kappa shape index (κ2) is 4.25. The Kier molecular flexibility index (Phi) is 3.58. The van der Waals surface area contributed by atoms with Crippen molar-refractivity contribution in [1.29, 1.82) is 0 Å². The molecule has 1 N–H and O–H groups in total. The van der Waals surface area contributed by atoms with Gasteiger partial charge in [0.1, 0.15) is 6.10 Å². The summed E-state index contributed by atoms with van der Waals surface area (Å²) in [5, 5.41) is 9.25. The van der Waals surface area contributed by atoms with Gasteiger partial charge in [-0.05, 0) is 19.3 Å². The Balaban J connectivity index is 2.30. The molecule has 0 aromatic heterocycles. The lowest BCUT2D eigenvalue weighted by molar-refractivity contribution is -0.149. The number of hydrogen-bond acceptors (Lipinski definition) is 3. The van der Waals surface area contributed by atoms with Gasteiger partial charge < -0.3 is 9.84 Å². The molecule has 3 nitrogen and oxygen atoms in total. The lowest BCUT2D eigenvalue weighted by Gasteiger charge is -2.14. The molecule has 0 amide bonds. The normalized spacial score (nSPS) is 30.4. The number of aliphatic hydroxyl groups is 1. The van der Waals surface area contributed by atoms with Crippen LogP contribution < -0.4 is 0 Å². The first-order valence-corrected chi connectivity index (χ1v) is 5.20. The van der Waals surface area contributed by atoms with Gasteiger partial charge >= 0.3 is 5.97 Å². The molecule has 1 aliphatic rings. The van der Waals surface area contributed by atoms with E-state index in [1.54, 1.807) is 0 Å². The van der Waals surface area contributed by atoms with E-state index in [1.165, 1.54) is 0 Å². The second-order valence-corrected chi connectivity index (χ2v) is 3.42. The first-order valence-electron chi connectivity index (χ1n) is 3.67. The molecule has 0 bridgehead atoms. The third kappa shape index (κ3) is 2.59. The molecule has 1 saturated carbocycles. The van der Waals surface area contributed by atoms with Crippen LogP contribution >= 0.6 is 22.6 Å². The summed E-state index contributed by atoms with van der Waals surface area (Å²) in [6.07, 6.45) is 1.86. The zero-order valence-corrected chi connectivity index (χ0v) is 8.28. The number of carbonyl (C=O) groups is 1. The molecule has 0 spiro atoms. The van der Waals surface area contributed by atoms with E-state index in [0.29, 0.717) is 4.43 Å². The highest BCUT2D eigenvalue weighted by molar-refractivity contribution is 14.1. The maximum absolute atomic E-state index is 10.8. The third-order valence-corrected chi connectivity index (χ3v) is 2.43. The second-order valence-electron chi connectivity index (χ2n) is 2.66. The van der Waals surface area contributed by atoms with Gasteiger partial charge in [0.2, 0.25) is 0 Å². The van der Waals surface area contributed by atoms with Crippen LogP contribution in [0.15, 0.2) is 0 Å². The van der Waals surface area contributed by atoms with Crippen LogP contribution in [0.3, 0.4) is 0 Å². The number of alkyl halides is 1. The van der Waals surface area contributed by atoms with Crippen LogP contribution in [0, 0.1) is 0 Å². The van der Waals surface area contributed by atoms with Crippen LogP contribution in [0.4, 0.5) is 0 Å². The van der Waals surface area contributed by atoms with Crippen LogP contribution in [-0.4, -0.2) is 27.7 Å². The molecule has 11 heavy (non-hydrogen) atoms. The number of esters is 1. The van der Waals surface area contributed by atoms with E-state index in [4.69, 9.17) is 4.74 Å². The Morgan fingerprint density at radius 2 is 2.36 bits per heavy atom. The van der Waals surface area contributed by atoms with Gasteiger partial charge in [-0.15, -0.1) is 0 Å². The summed E-state index contributed by atoms with van der Waals surface area (Å²) in [6.45, 7) is 0. The Morgan fingerprint density at radius 3 is 2.82 bits per heavy atom. The van der Waals surface area contributed by atoms with Gasteiger partial charge in [-0.1, -0.05) is 22.6 Å². The number of hydrogen-bond donors (Lipinski definition) is 1. The van der Waals surface area contributed by atoms with Gasteiger partial charge in [0.25, 0.3) is 0 Å². The fraction of sp³-hybridized carbons (Fsp3) is 0.857. The van der Waals surface area contributed by atoms with Crippen LogP contribution in [0.5, 0.6) is 0 Å². The molecule has 1 aliphatic carbocycles. The molecular formula is C7H11IO3. The number of aliphatic hydroxyl groups excluding tert-OH is 1. The van der Waals surface area contributed by atoms with Crippen LogP contribution in [0.2, 0.25) is 0 Å². The minimum atomic E-state index is -0.429. The zero-order valence-electron chi connectivity index (χ0n) is 6.12. The predicted molar refractivity (Wildman–Crippen MR) is 48.6 cm³/mol. The Labute approximate surface area is 79.3 Å². The van der Waals surface area contributed by atoms with Gasteiger partial charge in [0.15, 0.2) is 0 Å². The molecule has 64 valence electrons. The van der Waals surface area contributed by atoms with Crippen molar-refractivity contribution in [2.24, 2.45) is 0 Å². The van der Waals surface area contributed by atoms with Crippen LogP contribution in [-0.2, 0) is 9.53 Å². The van der Waals surface area contributed by atoms with Crippen LogP contribution in [0.25, 0.3) is 0 Å². The molecule has 2 unspecified atom stereocenters. The lowest BCUT2D eigenvalue weighted by Crippen LogP contribution is -2.26. The fourth-order valence-corrected chi connectivity index (χ4v) is 1.42. The summed E-state index contributed by atoms with van der Waals surface area (Å²) in [5.41, 5.74) is 0. The maximum Gasteiger partial charge on any atom is 0.316 e. The number of carbonyl (C=O) groups excluding carboxylic acids is 1. The maximum atomic E-state index is 10.8. The fourth-order valence-electron chi connectivity index (χ4n) is 1.24. The largest absolute Gasteiger partial charge is 0.459 e. The average molecular weight is 270 g/mol. The van der Waals surface area contributed by atoms with Crippen molar-refractivity contribution in [3.8, 4) is 0 Å². The molecule has 2 atom stereocenters. The third-order valence-electron chi connectivity index (χ3n) is 1.81. The number of halogens is 1. The summed E-state index contributed by atoms with van der Waals surface area (Å²) in [5.74, 6) is -0.225. The Hall–Kier alpha value is 0.160. The van der Waals surface area contributed by atoms with E-state index >= 15 is 0 Å². The number of ether oxygens (including phenoxy) is 1. The van der Waals surface area contributed by atoms with Crippen LogP contribution in [0.1, 0.15) is 19.3 Å². The summed E-state index contributed by atoms with van der Waals surface area (Å²) in [6, 6.07) is 0. The van der Waals surface area contributed by atoms with Gasteiger partial charge in [-0.2, -0.15) is 0 Å². The monoisotopic (exact) mass is 270 g/mol. The van der Waals surface area contributed by atoms with E-state index in [1.807, 2.05) is 22.6 Å². The van der Waals surface area contributed by atoms with E-state index in [-0.39, 0.29) is 12.1 Å². The molecule has 0 heterocycles. The molecule has 1 fully saturated rings. The van der Waals surface area contributed by atoms with Gasteiger partial charge in [-0.25, -0.2) is 0 Å². The molecule has 0 radical (unpaired) electrons. The van der Waals surface area contributed by atoms with Gasteiger partial charge in [0, 0.05) is 0 Å². The van der Waals surface area contributed by atoms with Crippen molar-refractivity contribution in [3.63, 3.8) is 0 Å². The molecule has 0 saturated heterocycles. The molecule has 0 aromatic rings. The molecule has 4 heteroatoms. The lowest BCUT2D eigenvalue weighted by atomic mass is 10.3. The van der Waals surface area contributed by atoms with Gasteiger partial charge in [-0.3, -0.25) is 4.79 Å². The summed E-state index contributed by atoms with van der Waals surface area (Å²) >= 11 is 1.95.